The number of carbonyl (C=O) groups is 2. The second kappa shape index (κ2) is 4.14. The summed E-state index contributed by atoms with van der Waals surface area (Å²) in [5, 5.41) is 2.28. The number of oxazole rings is 1. The van der Waals surface area contributed by atoms with Crippen molar-refractivity contribution in [3.8, 4) is 0 Å². The summed E-state index contributed by atoms with van der Waals surface area (Å²) < 4.78 is 5.34. The van der Waals surface area contributed by atoms with Gasteiger partial charge in [-0.15, -0.1) is 0 Å². The molecule has 16 heavy (non-hydrogen) atoms. The van der Waals surface area contributed by atoms with Crippen LogP contribution in [0.3, 0.4) is 0 Å². The molecule has 0 unspecified atom stereocenters. The predicted molar refractivity (Wildman–Crippen MR) is 57.1 cm³/mol. The molecule has 1 aromatic heterocycles. The van der Waals surface area contributed by atoms with Crippen LogP contribution >= 0.6 is 0 Å². The maximum absolute atomic E-state index is 11.5. The van der Waals surface area contributed by atoms with Crippen molar-refractivity contribution in [2.75, 3.05) is 6.54 Å². The number of nitrogens with one attached hydrogen (secondary N) is 1. The Morgan fingerprint density at radius 3 is 3.06 bits per heavy atom. The van der Waals surface area contributed by atoms with Crippen LogP contribution in [-0.4, -0.2) is 23.7 Å². The van der Waals surface area contributed by atoms with Gasteiger partial charge in [0, 0.05) is 0 Å². The third-order valence-corrected chi connectivity index (χ3v) is 2.20. The summed E-state index contributed by atoms with van der Waals surface area (Å²) in [4.78, 5) is 25.6. The van der Waals surface area contributed by atoms with E-state index in [0.717, 1.165) is 5.56 Å². The van der Waals surface area contributed by atoms with Crippen LogP contribution in [0.1, 0.15) is 16.2 Å². The molecular weight excluding hydrogens is 208 g/mol. The van der Waals surface area contributed by atoms with Crippen molar-refractivity contribution < 1.29 is 14.0 Å². The molecule has 0 aliphatic rings. The van der Waals surface area contributed by atoms with Crippen molar-refractivity contribution in [2.45, 2.75) is 6.92 Å². The van der Waals surface area contributed by atoms with Crippen molar-refractivity contribution in [1.29, 1.82) is 0 Å². The minimum Gasteiger partial charge on any atom is -0.433 e. The molecule has 1 aromatic carbocycles. The van der Waals surface area contributed by atoms with E-state index >= 15 is 0 Å². The first-order chi connectivity index (χ1) is 7.72. The van der Waals surface area contributed by atoms with E-state index in [0.29, 0.717) is 17.5 Å². The third kappa shape index (κ3) is 1.79. The van der Waals surface area contributed by atoms with Crippen LogP contribution in [0.15, 0.2) is 22.6 Å². The van der Waals surface area contributed by atoms with Gasteiger partial charge in [-0.1, -0.05) is 12.1 Å². The fraction of sp³-hybridized carbons (Fsp3) is 0.182. The van der Waals surface area contributed by atoms with Gasteiger partial charge < -0.3 is 9.73 Å². The van der Waals surface area contributed by atoms with Gasteiger partial charge in [0.05, 0.1) is 6.54 Å². The molecule has 2 rings (SSSR count). The molecule has 1 amide bonds. The number of hydrogen-bond acceptors (Lipinski definition) is 4. The molecule has 0 radical (unpaired) electrons. The maximum atomic E-state index is 11.5. The lowest BCUT2D eigenvalue weighted by atomic mass is 10.2. The summed E-state index contributed by atoms with van der Waals surface area (Å²) in [6, 6.07) is 5.50. The quantitative estimate of drug-likeness (QED) is 0.615. The van der Waals surface area contributed by atoms with E-state index in [1.807, 2.05) is 19.1 Å². The summed E-state index contributed by atoms with van der Waals surface area (Å²) in [6.45, 7) is 1.78. The number of rotatable bonds is 4. The number of nitrogens with zero attached hydrogens (tertiary/aromatic N) is 1. The minimum absolute atomic E-state index is 0.0265. The zero-order valence-electron chi connectivity index (χ0n) is 8.69. The number of amides is 1. The maximum Gasteiger partial charge on any atom is 0.266 e. The normalized spacial score (nSPS) is 10.3. The number of fused-ring (bicyclic) bond motifs is 1. The van der Waals surface area contributed by atoms with Crippen molar-refractivity contribution in [3.05, 3.63) is 29.7 Å². The van der Waals surface area contributed by atoms with Crippen molar-refractivity contribution in [2.24, 2.45) is 0 Å². The van der Waals surface area contributed by atoms with Gasteiger partial charge in [0.1, 0.15) is 5.52 Å². The molecule has 5 heteroatoms. The number of hydrogen-bond donors (Lipinski definition) is 1. The zero-order chi connectivity index (χ0) is 11.5. The molecule has 5 nitrogen and oxygen atoms in total. The number of para-hydroxylation sites is 1. The number of aromatic nitrogens is 1. The highest BCUT2D eigenvalue weighted by molar-refractivity contribution is 5.96. The fourth-order valence-electron chi connectivity index (χ4n) is 1.42. The SMILES string of the molecule is Cc1cccc2nc(C(=O)CNC=O)oc12. The highest BCUT2D eigenvalue weighted by atomic mass is 16.4. The number of Topliss-reactive ketones (excluding diaryl/α,β-unsaturated/α-hetero) is 1. The molecule has 0 aliphatic carbocycles. The minimum atomic E-state index is -0.345. The molecule has 0 aliphatic heterocycles. The van der Waals surface area contributed by atoms with Gasteiger partial charge in [0.25, 0.3) is 5.89 Å². The smallest absolute Gasteiger partial charge is 0.266 e. The molecule has 0 saturated heterocycles. The van der Waals surface area contributed by atoms with Crippen LogP contribution in [-0.2, 0) is 4.79 Å². The zero-order valence-corrected chi connectivity index (χ0v) is 8.69. The van der Waals surface area contributed by atoms with Gasteiger partial charge in [0.15, 0.2) is 5.58 Å². The summed E-state index contributed by atoms with van der Waals surface area (Å²) in [5.74, 6) is -0.318. The molecule has 0 fully saturated rings. The average Bonchev–Trinajstić information content (AvgIpc) is 2.71. The summed E-state index contributed by atoms with van der Waals surface area (Å²) in [7, 11) is 0. The Balaban J connectivity index is 2.36. The Morgan fingerprint density at radius 1 is 1.56 bits per heavy atom. The first-order valence-corrected chi connectivity index (χ1v) is 4.79. The Morgan fingerprint density at radius 2 is 2.38 bits per heavy atom. The van der Waals surface area contributed by atoms with E-state index in [-0.39, 0.29) is 18.2 Å². The lowest BCUT2D eigenvalue weighted by Gasteiger charge is -1.92. The molecule has 0 spiro atoms. The largest absolute Gasteiger partial charge is 0.433 e. The molecule has 0 atom stereocenters. The van der Waals surface area contributed by atoms with E-state index in [9.17, 15) is 9.59 Å². The molecule has 2 aromatic rings. The second-order valence-corrected chi connectivity index (χ2v) is 3.36. The lowest BCUT2D eigenvalue weighted by molar-refractivity contribution is -0.109. The van der Waals surface area contributed by atoms with Gasteiger partial charge in [-0.25, -0.2) is 4.98 Å². The highest BCUT2D eigenvalue weighted by Gasteiger charge is 2.14. The predicted octanol–water partition coefficient (Wildman–Crippen LogP) is 1.06. The van der Waals surface area contributed by atoms with Crippen LogP contribution in [0.5, 0.6) is 0 Å². The molecule has 82 valence electrons. The standard InChI is InChI=1S/C11H10N2O3/c1-7-3-2-4-8-10(7)16-11(13-8)9(15)5-12-6-14/h2-4,6H,5H2,1H3,(H,12,14). The molecule has 1 heterocycles. The van der Waals surface area contributed by atoms with Crippen molar-refractivity contribution in [3.63, 3.8) is 0 Å². The fourth-order valence-corrected chi connectivity index (χ4v) is 1.42. The van der Waals surface area contributed by atoms with Crippen LogP contribution in [0, 0.1) is 6.92 Å². The third-order valence-electron chi connectivity index (χ3n) is 2.20. The van der Waals surface area contributed by atoms with Gasteiger partial charge >= 0.3 is 0 Å². The Kier molecular flexibility index (Phi) is 2.68. The number of carbonyl (C=O) groups excluding carboxylic acids is 2. The Bertz CT molecular complexity index is 545. The number of aryl methyl sites for hydroxylation is 1. The molecule has 0 saturated carbocycles. The number of ketones is 1. The van der Waals surface area contributed by atoms with Crippen LogP contribution in [0.2, 0.25) is 0 Å². The second-order valence-electron chi connectivity index (χ2n) is 3.36. The molecule has 1 N–H and O–H groups in total. The van der Waals surface area contributed by atoms with Gasteiger partial charge in [0.2, 0.25) is 12.2 Å². The molecular formula is C11H10N2O3. The average molecular weight is 218 g/mol. The van der Waals surface area contributed by atoms with Crippen molar-refractivity contribution >= 4 is 23.3 Å². The van der Waals surface area contributed by atoms with E-state index in [1.54, 1.807) is 6.07 Å². The Hall–Kier alpha value is -2.17. The Labute approximate surface area is 91.5 Å². The van der Waals surface area contributed by atoms with Crippen LogP contribution in [0.25, 0.3) is 11.1 Å². The highest BCUT2D eigenvalue weighted by Crippen LogP contribution is 2.19. The summed E-state index contributed by atoms with van der Waals surface area (Å²) in [5.41, 5.74) is 2.18. The summed E-state index contributed by atoms with van der Waals surface area (Å²) >= 11 is 0. The van der Waals surface area contributed by atoms with Gasteiger partial charge in [-0.3, -0.25) is 9.59 Å². The lowest BCUT2D eigenvalue weighted by Crippen LogP contribution is -2.21. The molecule has 0 bridgehead atoms. The van der Waals surface area contributed by atoms with Crippen molar-refractivity contribution in [1.82, 2.24) is 10.3 Å². The number of benzene rings is 1. The van der Waals surface area contributed by atoms with E-state index in [2.05, 4.69) is 10.3 Å². The van der Waals surface area contributed by atoms with Crippen LogP contribution in [0.4, 0.5) is 0 Å². The summed E-state index contributed by atoms with van der Waals surface area (Å²) in [6.07, 6.45) is 0.464. The van der Waals surface area contributed by atoms with E-state index in [4.69, 9.17) is 4.42 Å². The van der Waals surface area contributed by atoms with E-state index in [1.165, 1.54) is 0 Å². The van der Waals surface area contributed by atoms with E-state index < -0.39 is 0 Å². The van der Waals surface area contributed by atoms with Gasteiger partial charge in [-0.2, -0.15) is 0 Å². The first-order valence-electron chi connectivity index (χ1n) is 4.79. The topological polar surface area (TPSA) is 72.2 Å². The van der Waals surface area contributed by atoms with Gasteiger partial charge in [-0.05, 0) is 18.6 Å². The van der Waals surface area contributed by atoms with Crippen LogP contribution < -0.4 is 5.32 Å². The monoisotopic (exact) mass is 218 g/mol. The first kappa shape index (κ1) is 10.4.